The van der Waals surface area contributed by atoms with E-state index in [-0.39, 0.29) is 0 Å². The van der Waals surface area contributed by atoms with Crippen molar-refractivity contribution in [2.24, 2.45) is 5.73 Å². The van der Waals surface area contributed by atoms with Crippen molar-refractivity contribution in [2.45, 2.75) is 25.5 Å². The molecule has 0 rings (SSSR count). The van der Waals surface area contributed by atoms with Gasteiger partial charge in [0.1, 0.15) is 5.72 Å². The van der Waals surface area contributed by atoms with Gasteiger partial charge in [0.15, 0.2) is 0 Å². The van der Waals surface area contributed by atoms with E-state index in [1.807, 2.05) is 14.1 Å². The zero-order valence-electron chi connectivity index (χ0n) is 8.92. The number of hydrogen-bond acceptors (Lipinski definition) is 4. The number of rotatable bonds is 7. The first kappa shape index (κ1) is 12.8. The number of ether oxygens (including phenoxy) is 1. The molecule has 0 aliphatic heterocycles. The molecule has 3 N–H and O–H groups in total. The Bertz CT molecular complexity index is 121. The van der Waals surface area contributed by atoms with Crippen LogP contribution in [0.2, 0.25) is 0 Å². The maximum atomic E-state index is 9.18. The standard InChI is InChI=1S/C9H22N2O2/c1-9(10,12)5-4-7-13-8-6-11(2)3/h12H,4-8,10H2,1-3H3. The summed E-state index contributed by atoms with van der Waals surface area (Å²) in [7, 11) is 4.02. The summed E-state index contributed by atoms with van der Waals surface area (Å²) < 4.78 is 5.33. The van der Waals surface area contributed by atoms with Gasteiger partial charge in [0.25, 0.3) is 0 Å². The second-order valence-electron chi connectivity index (χ2n) is 3.88. The van der Waals surface area contributed by atoms with Gasteiger partial charge in [-0.1, -0.05) is 0 Å². The van der Waals surface area contributed by atoms with Gasteiger partial charge >= 0.3 is 0 Å². The highest BCUT2D eigenvalue weighted by Gasteiger charge is 2.11. The van der Waals surface area contributed by atoms with Gasteiger partial charge < -0.3 is 20.5 Å². The van der Waals surface area contributed by atoms with Crippen LogP contribution in [0.15, 0.2) is 0 Å². The average molecular weight is 190 g/mol. The van der Waals surface area contributed by atoms with E-state index in [1.54, 1.807) is 6.92 Å². The fraction of sp³-hybridized carbons (Fsp3) is 1.00. The Labute approximate surface area is 80.7 Å². The quantitative estimate of drug-likeness (QED) is 0.438. The fourth-order valence-electron chi connectivity index (χ4n) is 0.881. The first-order chi connectivity index (χ1) is 5.92. The lowest BCUT2D eigenvalue weighted by molar-refractivity contribution is 0.0399. The van der Waals surface area contributed by atoms with Crippen LogP contribution in [0.4, 0.5) is 0 Å². The van der Waals surface area contributed by atoms with Crippen molar-refractivity contribution in [3.8, 4) is 0 Å². The minimum absolute atomic E-state index is 0.578. The van der Waals surface area contributed by atoms with Crippen molar-refractivity contribution in [1.29, 1.82) is 0 Å². The summed E-state index contributed by atoms with van der Waals surface area (Å²) in [5.41, 5.74) is 4.34. The van der Waals surface area contributed by atoms with E-state index < -0.39 is 5.72 Å². The molecule has 0 aromatic carbocycles. The number of likely N-dealkylation sites (N-methyl/N-ethyl adjacent to an activating group) is 1. The van der Waals surface area contributed by atoms with Crippen LogP contribution >= 0.6 is 0 Å². The molecule has 4 heteroatoms. The molecule has 0 heterocycles. The highest BCUT2D eigenvalue weighted by Crippen LogP contribution is 2.03. The van der Waals surface area contributed by atoms with Gasteiger partial charge in [-0.15, -0.1) is 0 Å². The van der Waals surface area contributed by atoms with Gasteiger partial charge in [0, 0.05) is 13.2 Å². The molecule has 0 fully saturated rings. The molecule has 80 valence electrons. The van der Waals surface area contributed by atoms with Crippen LogP contribution < -0.4 is 5.73 Å². The minimum Gasteiger partial charge on any atom is -0.380 e. The SMILES string of the molecule is CN(C)CCOCCCC(C)(N)O. The highest BCUT2D eigenvalue weighted by atomic mass is 16.5. The fourth-order valence-corrected chi connectivity index (χ4v) is 0.881. The number of nitrogens with zero attached hydrogens (tertiary/aromatic N) is 1. The molecule has 0 saturated carbocycles. The van der Waals surface area contributed by atoms with Crippen molar-refractivity contribution in [3.05, 3.63) is 0 Å². The van der Waals surface area contributed by atoms with E-state index in [1.165, 1.54) is 0 Å². The highest BCUT2D eigenvalue weighted by molar-refractivity contribution is 4.61. The predicted molar refractivity (Wildman–Crippen MR) is 53.4 cm³/mol. The molecule has 0 amide bonds. The van der Waals surface area contributed by atoms with Gasteiger partial charge in [-0.3, -0.25) is 0 Å². The Kier molecular flexibility index (Phi) is 6.24. The van der Waals surface area contributed by atoms with Crippen LogP contribution in [0.1, 0.15) is 19.8 Å². The molecule has 0 aliphatic carbocycles. The molecule has 1 atom stereocenters. The molecule has 0 bridgehead atoms. The molecule has 4 nitrogen and oxygen atoms in total. The number of aliphatic hydroxyl groups is 1. The van der Waals surface area contributed by atoms with Crippen molar-refractivity contribution in [3.63, 3.8) is 0 Å². The third-order valence-electron chi connectivity index (χ3n) is 1.65. The zero-order valence-corrected chi connectivity index (χ0v) is 8.92. The van der Waals surface area contributed by atoms with Crippen molar-refractivity contribution >= 4 is 0 Å². The first-order valence-electron chi connectivity index (χ1n) is 4.65. The van der Waals surface area contributed by atoms with Crippen LogP contribution in [0.5, 0.6) is 0 Å². The summed E-state index contributed by atoms with van der Waals surface area (Å²) in [5.74, 6) is 0. The van der Waals surface area contributed by atoms with Gasteiger partial charge in [0.05, 0.1) is 6.61 Å². The topological polar surface area (TPSA) is 58.7 Å². The van der Waals surface area contributed by atoms with E-state index in [0.717, 1.165) is 19.6 Å². The Morgan fingerprint density at radius 1 is 1.38 bits per heavy atom. The summed E-state index contributed by atoms with van der Waals surface area (Å²) in [4.78, 5) is 2.07. The van der Waals surface area contributed by atoms with Crippen LogP contribution in [-0.4, -0.2) is 49.6 Å². The lowest BCUT2D eigenvalue weighted by Gasteiger charge is -2.16. The summed E-state index contributed by atoms with van der Waals surface area (Å²) in [6.07, 6.45) is 1.38. The Morgan fingerprint density at radius 2 is 2.00 bits per heavy atom. The molecule has 0 spiro atoms. The summed E-state index contributed by atoms with van der Waals surface area (Å²) in [5, 5.41) is 9.18. The third kappa shape index (κ3) is 11.8. The molecule has 0 saturated heterocycles. The van der Waals surface area contributed by atoms with Crippen LogP contribution in [-0.2, 0) is 4.74 Å². The van der Waals surface area contributed by atoms with Crippen LogP contribution in [0.25, 0.3) is 0 Å². The number of hydrogen-bond donors (Lipinski definition) is 2. The van der Waals surface area contributed by atoms with Crippen LogP contribution in [0, 0.1) is 0 Å². The van der Waals surface area contributed by atoms with Crippen molar-refractivity contribution < 1.29 is 9.84 Å². The van der Waals surface area contributed by atoms with E-state index in [0.29, 0.717) is 13.0 Å². The smallest absolute Gasteiger partial charge is 0.110 e. The van der Waals surface area contributed by atoms with Gasteiger partial charge in [0.2, 0.25) is 0 Å². The van der Waals surface area contributed by atoms with E-state index in [9.17, 15) is 5.11 Å². The normalized spacial score (nSPS) is 16.2. The molecule has 0 aliphatic rings. The third-order valence-corrected chi connectivity index (χ3v) is 1.65. The zero-order chi connectivity index (χ0) is 10.3. The molecular weight excluding hydrogens is 168 g/mol. The van der Waals surface area contributed by atoms with Gasteiger partial charge in [-0.2, -0.15) is 0 Å². The molecule has 0 aromatic rings. The van der Waals surface area contributed by atoms with Crippen LogP contribution in [0.3, 0.4) is 0 Å². The van der Waals surface area contributed by atoms with Gasteiger partial charge in [-0.05, 0) is 33.9 Å². The Balaban J connectivity index is 3.09. The van der Waals surface area contributed by atoms with Gasteiger partial charge in [-0.25, -0.2) is 0 Å². The monoisotopic (exact) mass is 190 g/mol. The lowest BCUT2D eigenvalue weighted by atomic mass is 10.1. The number of nitrogens with two attached hydrogens (primary N) is 1. The summed E-state index contributed by atoms with van der Waals surface area (Å²) >= 11 is 0. The molecule has 13 heavy (non-hydrogen) atoms. The molecule has 1 unspecified atom stereocenters. The van der Waals surface area contributed by atoms with E-state index in [2.05, 4.69) is 4.90 Å². The lowest BCUT2D eigenvalue weighted by Crippen LogP contribution is -2.35. The predicted octanol–water partition coefficient (Wildman–Crippen LogP) is 0.0120. The Morgan fingerprint density at radius 3 is 2.46 bits per heavy atom. The second-order valence-corrected chi connectivity index (χ2v) is 3.88. The maximum Gasteiger partial charge on any atom is 0.110 e. The average Bonchev–Trinajstić information content (AvgIpc) is 1.93. The van der Waals surface area contributed by atoms with Crippen molar-refractivity contribution in [1.82, 2.24) is 4.90 Å². The maximum absolute atomic E-state index is 9.18. The summed E-state index contributed by atoms with van der Waals surface area (Å²) in [6.45, 7) is 3.94. The Hall–Kier alpha value is -0.160. The largest absolute Gasteiger partial charge is 0.380 e. The molecule has 0 aromatic heterocycles. The minimum atomic E-state index is -1.05. The second kappa shape index (κ2) is 6.32. The van der Waals surface area contributed by atoms with E-state index >= 15 is 0 Å². The summed E-state index contributed by atoms with van der Waals surface area (Å²) in [6, 6.07) is 0. The first-order valence-corrected chi connectivity index (χ1v) is 4.65. The van der Waals surface area contributed by atoms with E-state index in [4.69, 9.17) is 10.5 Å². The van der Waals surface area contributed by atoms with Crippen molar-refractivity contribution in [2.75, 3.05) is 33.9 Å². The molecule has 0 radical (unpaired) electrons. The molecular formula is C9H22N2O2.